The SMILES string of the molecule is COc1cccc(Cc2cc(=O)[nH]cn2)c1. The molecule has 0 bridgehead atoms. The molecular formula is C12H12N2O2. The number of aromatic amines is 1. The molecule has 0 radical (unpaired) electrons. The monoisotopic (exact) mass is 216 g/mol. The van der Waals surface area contributed by atoms with E-state index in [1.807, 2.05) is 24.3 Å². The Hall–Kier alpha value is -2.10. The molecule has 1 aromatic heterocycles. The minimum atomic E-state index is -0.132. The molecule has 0 unspecified atom stereocenters. The van der Waals surface area contributed by atoms with Gasteiger partial charge in [-0.3, -0.25) is 4.79 Å². The van der Waals surface area contributed by atoms with Crippen LogP contribution in [-0.4, -0.2) is 17.1 Å². The second-order valence-corrected chi connectivity index (χ2v) is 3.43. The second kappa shape index (κ2) is 4.61. The Balaban J connectivity index is 2.23. The number of H-pyrrole nitrogens is 1. The van der Waals surface area contributed by atoms with Gasteiger partial charge in [-0.1, -0.05) is 12.1 Å². The summed E-state index contributed by atoms with van der Waals surface area (Å²) in [6.45, 7) is 0. The molecule has 1 heterocycles. The summed E-state index contributed by atoms with van der Waals surface area (Å²) in [6, 6.07) is 9.21. The third kappa shape index (κ3) is 2.48. The maximum Gasteiger partial charge on any atom is 0.250 e. The van der Waals surface area contributed by atoms with Crippen LogP contribution in [0.3, 0.4) is 0 Å². The Morgan fingerprint density at radius 2 is 2.25 bits per heavy atom. The molecule has 1 aromatic carbocycles. The fraction of sp³-hybridized carbons (Fsp3) is 0.167. The zero-order chi connectivity index (χ0) is 11.4. The molecule has 82 valence electrons. The van der Waals surface area contributed by atoms with Gasteiger partial charge in [-0.05, 0) is 17.7 Å². The van der Waals surface area contributed by atoms with Gasteiger partial charge >= 0.3 is 0 Å². The lowest BCUT2D eigenvalue weighted by atomic mass is 10.1. The van der Waals surface area contributed by atoms with Gasteiger partial charge in [0.25, 0.3) is 5.56 Å². The molecule has 0 aliphatic carbocycles. The maximum absolute atomic E-state index is 11.1. The Bertz CT molecular complexity index is 534. The molecule has 0 saturated carbocycles. The highest BCUT2D eigenvalue weighted by Crippen LogP contribution is 2.14. The van der Waals surface area contributed by atoms with Crippen LogP contribution in [0.15, 0.2) is 41.5 Å². The van der Waals surface area contributed by atoms with Crippen molar-refractivity contribution in [1.82, 2.24) is 9.97 Å². The van der Waals surface area contributed by atoms with Crippen LogP contribution in [0.25, 0.3) is 0 Å². The molecular weight excluding hydrogens is 204 g/mol. The lowest BCUT2D eigenvalue weighted by Gasteiger charge is -2.03. The quantitative estimate of drug-likeness (QED) is 0.843. The Kier molecular flexibility index (Phi) is 3.00. The number of ether oxygens (including phenoxy) is 1. The molecule has 0 spiro atoms. The summed E-state index contributed by atoms with van der Waals surface area (Å²) in [5.41, 5.74) is 1.68. The molecule has 1 N–H and O–H groups in total. The Morgan fingerprint density at radius 1 is 1.38 bits per heavy atom. The Morgan fingerprint density at radius 3 is 3.00 bits per heavy atom. The summed E-state index contributed by atoms with van der Waals surface area (Å²) in [7, 11) is 1.63. The van der Waals surface area contributed by atoms with Crippen molar-refractivity contribution in [2.24, 2.45) is 0 Å². The summed E-state index contributed by atoms with van der Waals surface area (Å²) in [6.07, 6.45) is 2.04. The summed E-state index contributed by atoms with van der Waals surface area (Å²) in [5, 5.41) is 0. The van der Waals surface area contributed by atoms with Crippen molar-refractivity contribution in [3.63, 3.8) is 0 Å². The molecule has 16 heavy (non-hydrogen) atoms. The number of rotatable bonds is 3. The van der Waals surface area contributed by atoms with E-state index < -0.39 is 0 Å². The molecule has 4 heteroatoms. The van der Waals surface area contributed by atoms with Crippen LogP contribution in [0.4, 0.5) is 0 Å². The lowest BCUT2D eigenvalue weighted by molar-refractivity contribution is 0.414. The summed E-state index contributed by atoms with van der Waals surface area (Å²) in [5.74, 6) is 0.808. The highest BCUT2D eigenvalue weighted by molar-refractivity contribution is 5.30. The van der Waals surface area contributed by atoms with Gasteiger partial charge in [0.05, 0.1) is 19.1 Å². The van der Waals surface area contributed by atoms with Crippen molar-refractivity contribution in [3.8, 4) is 5.75 Å². The topological polar surface area (TPSA) is 55.0 Å². The minimum absolute atomic E-state index is 0.132. The van der Waals surface area contributed by atoms with E-state index in [1.165, 1.54) is 12.4 Å². The van der Waals surface area contributed by atoms with E-state index in [0.29, 0.717) is 6.42 Å². The predicted octanol–water partition coefficient (Wildman–Crippen LogP) is 1.37. The van der Waals surface area contributed by atoms with Crippen LogP contribution in [0.5, 0.6) is 5.75 Å². The summed E-state index contributed by atoms with van der Waals surface area (Å²) < 4.78 is 5.13. The van der Waals surface area contributed by atoms with Crippen molar-refractivity contribution in [2.75, 3.05) is 7.11 Å². The standard InChI is InChI=1S/C12H12N2O2/c1-16-11-4-2-3-9(6-11)5-10-7-12(15)14-8-13-10/h2-4,6-8H,5H2,1H3,(H,13,14,15). The summed E-state index contributed by atoms with van der Waals surface area (Å²) >= 11 is 0. The third-order valence-corrected chi connectivity index (χ3v) is 2.25. The number of aromatic nitrogens is 2. The molecule has 2 rings (SSSR count). The lowest BCUT2D eigenvalue weighted by Crippen LogP contribution is -2.07. The normalized spacial score (nSPS) is 10.1. The zero-order valence-electron chi connectivity index (χ0n) is 8.93. The molecule has 0 atom stereocenters. The third-order valence-electron chi connectivity index (χ3n) is 2.25. The van der Waals surface area contributed by atoms with E-state index in [2.05, 4.69) is 9.97 Å². The second-order valence-electron chi connectivity index (χ2n) is 3.43. The first-order valence-electron chi connectivity index (χ1n) is 4.94. The highest BCUT2D eigenvalue weighted by atomic mass is 16.5. The molecule has 0 aliphatic heterocycles. The van der Waals surface area contributed by atoms with Gasteiger partial charge in [-0.2, -0.15) is 0 Å². The van der Waals surface area contributed by atoms with Crippen molar-refractivity contribution in [3.05, 3.63) is 58.3 Å². The van der Waals surface area contributed by atoms with Gasteiger partial charge in [0, 0.05) is 12.5 Å². The van der Waals surface area contributed by atoms with Gasteiger partial charge in [-0.25, -0.2) is 4.98 Å². The van der Waals surface area contributed by atoms with E-state index in [0.717, 1.165) is 17.0 Å². The molecule has 0 fully saturated rings. The van der Waals surface area contributed by atoms with Crippen LogP contribution in [0.1, 0.15) is 11.3 Å². The minimum Gasteiger partial charge on any atom is -0.497 e. The average molecular weight is 216 g/mol. The first kappa shape index (κ1) is 10.4. The molecule has 0 aliphatic rings. The van der Waals surface area contributed by atoms with Gasteiger partial charge in [0.1, 0.15) is 5.75 Å². The van der Waals surface area contributed by atoms with E-state index in [9.17, 15) is 4.79 Å². The van der Waals surface area contributed by atoms with Gasteiger partial charge < -0.3 is 9.72 Å². The maximum atomic E-state index is 11.1. The van der Waals surface area contributed by atoms with E-state index in [1.54, 1.807) is 7.11 Å². The number of nitrogens with one attached hydrogen (secondary N) is 1. The number of hydrogen-bond acceptors (Lipinski definition) is 3. The molecule has 4 nitrogen and oxygen atoms in total. The van der Waals surface area contributed by atoms with Gasteiger partial charge in [0.15, 0.2) is 0 Å². The van der Waals surface area contributed by atoms with Crippen molar-refractivity contribution >= 4 is 0 Å². The number of hydrogen-bond donors (Lipinski definition) is 1. The zero-order valence-corrected chi connectivity index (χ0v) is 8.93. The average Bonchev–Trinajstić information content (AvgIpc) is 2.29. The largest absolute Gasteiger partial charge is 0.497 e. The van der Waals surface area contributed by atoms with Gasteiger partial charge in [0.2, 0.25) is 0 Å². The van der Waals surface area contributed by atoms with E-state index >= 15 is 0 Å². The fourth-order valence-corrected chi connectivity index (χ4v) is 1.50. The molecule has 0 amide bonds. The van der Waals surface area contributed by atoms with Crippen LogP contribution in [0.2, 0.25) is 0 Å². The van der Waals surface area contributed by atoms with Crippen LogP contribution in [-0.2, 0) is 6.42 Å². The van der Waals surface area contributed by atoms with E-state index in [4.69, 9.17) is 4.74 Å². The smallest absolute Gasteiger partial charge is 0.250 e. The highest BCUT2D eigenvalue weighted by Gasteiger charge is 1.99. The van der Waals surface area contributed by atoms with Crippen molar-refractivity contribution < 1.29 is 4.74 Å². The van der Waals surface area contributed by atoms with Crippen LogP contribution >= 0.6 is 0 Å². The van der Waals surface area contributed by atoms with E-state index in [-0.39, 0.29) is 5.56 Å². The molecule has 0 saturated heterocycles. The number of methoxy groups -OCH3 is 1. The number of benzene rings is 1. The Labute approximate surface area is 92.9 Å². The summed E-state index contributed by atoms with van der Waals surface area (Å²) in [4.78, 5) is 17.7. The van der Waals surface area contributed by atoms with Crippen molar-refractivity contribution in [2.45, 2.75) is 6.42 Å². The van der Waals surface area contributed by atoms with Crippen LogP contribution in [0, 0.1) is 0 Å². The predicted molar refractivity (Wildman–Crippen MR) is 60.7 cm³/mol. The fourth-order valence-electron chi connectivity index (χ4n) is 1.50. The number of nitrogens with zero attached hydrogens (tertiary/aromatic N) is 1. The van der Waals surface area contributed by atoms with Gasteiger partial charge in [-0.15, -0.1) is 0 Å². The van der Waals surface area contributed by atoms with Crippen LogP contribution < -0.4 is 10.3 Å². The van der Waals surface area contributed by atoms with Crippen molar-refractivity contribution in [1.29, 1.82) is 0 Å². The first-order chi connectivity index (χ1) is 7.78. The first-order valence-corrected chi connectivity index (χ1v) is 4.94. The molecule has 2 aromatic rings.